The molecule has 0 aliphatic carbocycles. The largest absolute Gasteiger partial charge is 0.340 e. The molecule has 0 aromatic carbocycles. The summed E-state index contributed by atoms with van der Waals surface area (Å²) in [6.07, 6.45) is 2.60. The molecule has 0 saturated carbocycles. The van der Waals surface area contributed by atoms with Gasteiger partial charge in [0.05, 0.1) is 0 Å². The average Bonchev–Trinajstić information content (AvgIpc) is 2.28. The van der Waals surface area contributed by atoms with E-state index in [1.165, 1.54) is 0 Å². The van der Waals surface area contributed by atoms with Crippen molar-refractivity contribution in [2.45, 2.75) is 6.42 Å². The van der Waals surface area contributed by atoms with Crippen LogP contribution in [0.3, 0.4) is 0 Å². The molecule has 0 atom stereocenters. The van der Waals surface area contributed by atoms with Crippen LogP contribution in [0.2, 0.25) is 0 Å². The van der Waals surface area contributed by atoms with Crippen molar-refractivity contribution < 1.29 is 4.79 Å². The quantitative estimate of drug-likeness (QED) is 0.833. The Morgan fingerprint density at radius 3 is 2.53 bits per heavy atom. The number of nitrogens with zero attached hydrogens (tertiary/aromatic N) is 3. The minimum Gasteiger partial charge on any atom is -0.340 e. The molecule has 1 heterocycles. The van der Waals surface area contributed by atoms with Gasteiger partial charge in [-0.05, 0) is 55.1 Å². The molecule has 4 nitrogen and oxygen atoms in total. The number of amides is 1. The zero-order valence-electron chi connectivity index (χ0n) is 10.5. The van der Waals surface area contributed by atoms with Gasteiger partial charge in [-0.1, -0.05) is 0 Å². The van der Waals surface area contributed by atoms with Crippen molar-refractivity contribution in [2.75, 3.05) is 34.2 Å². The van der Waals surface area contributed by atoms with E-state index in [-0.39, 0.29) is 5.91 Å². The molecular formula is C12H18BrN3O. The normalized spacial score (nSPS) is 10.6. The minimum atomic E-state index is -0.0312. The molecule has 0 spiro atoms. The third-order valence-electron chi connectivity index (χ3n) is 2.39. The first-order chi connectivity index (χ1) is 8.00. The predicted octanol–water partition coefficient (Wildman–Crippen LogP) is 1.87. The van der Waals surface area contributed by atoms with Crippen molar-refractivity contribution in [1.82, 2.24) is 14.8 Å². The van der Waals surface area contributed by atoms with Crippen LogP contribution in [0.1, 0.15) is 16.9 Å². The van der Waals surface area contributed by atoms with Crippen LogP contribution in [0.25, 0.3) is 0 Å². The SMILES string of the molecule is CN(C)CCCN(C)C(=O)c1ccc(Br)cn1. The van der Waals surface area contributed by atoms with Crippen molar-refractivity contribution >= 4 is 21.8 Å². The number of pyridine rings is 1. The molecule has 1 aromatic rings. The number of hydrogen-bond acceptors (Lipinski definition) is 3. The molecule has 1 aromatic heterocycles. The lowest BCUT2D eigenvalue weighted by Crippen LogP contribution is -2.30. The molecule has 0 aliphatic heterocycles. The molecule has 0 radical (unpaired) electrons. The maximum Gasteiger partial charge on any atom is 0.272 e. The van der Waals surface area contributed by atoms with E-state index >= 15 is 0 Å². The Kier molecular flexibility index (Phi) is 5.58. The molecule has 1 rings (SSSR count). The second-order valence-corrected chi connectivity index (χ2v) is 5.16. The number of carbonyl (C=O) groups excluding carboxylic acids is 1. The summed E-state index contributed by atoms with van der Waals surface area (Å²) >= 11 is 3.30. The molecule has 0 bridgehead atoms. The summed E-state index contributed by atoms with van der Waals surface area (Å²) in [6, 6.07) is 3.56. The maximum atomic E-state index is 12.0. The van der Waals surface area contributed by atoms with Crippen molar-refractivity contribution in [2.24, 2.45) is 0 Å². The fourth-order valence-electron chi connectivity index (χ4n) is 1.42. The first-order valence-electron chi connectivity index (χ1n) is 5.52. The zero-order valence-corrected chi connectivity index (χ0v) is 12.1. The van der Waals surface area contributed by atoms with E-state index in [0.29, 0.717) is 5.69 Å². The van der Waals surface area contributed by atoms with Crippen LogP contribution in [0.5, 0.6) is 0 Å². The summed E-state index contributed by atoms with van der Waals surface area (Å²) in [5.41, 5.74) is 0.487. The molecule has 0 unspecified atom stereocenters. The first-order valence-corrected chi connectivity index (χ1v) is 6.31. The molecule has 5 heteroatoms. The highest BCUT2D eigenvalue weighted by Gasteiger charge is 2.12. The lowest BCUT2D eigenvalue weighted by Gasteiger charge is -2.18. The van der Waals surface area contributed by atoms with Crippen molar-refractivity contribution in [3.63, 3.8) is 0 Å². The van der Waals surface area contributed by atoms with Gasteiger partial charge < -0.3 is 9.80 Å². The summed E-state index contributed by atoms with van der Waals surface area (Å²) in [4.78, 5) is 19.9. The molecular weight excluding hydrogens is 282 g/mol. The van der Waals surface area contributed by atoms with Gasteiger partial charge in [-0.25, -0.2) is 4.98 Å². The second kappa shape index (κ2) is 6.71. The van der Waals surface area contributed by atoms with E-state index < -0.39 is 0 Å². The van der Waals surface area contributed by atoms with Gasteiger partial charge in [0.25, 0.3) is 5.91 Å². The van der Waals surface area contributed by atoms with E-state index in [9.17, 15) is 4.79 Å². The number of hydrogen-bond donors (Lipinski definition) is 0. The van der Waals surface area contributed by atoms with E-state index in [2.05, 4.69) is 25.8 Å². The summed E-state index contributed by atoms with van der Waals surface area (Å²) < 4.78 is 0.879. The Balaban J connectivity index is 2.49. The lowest BCUT2D eigenvalue weighted by molar-refractivity contribution is 0.0785. The van der Waals surface area contributed by atoms with Crippen LogP contribution in [-0.4, -0.2) is 54.9 Å². The molecule has 94 valence electrons. The van der Waals surface area contributed by atoms with Gasteiger partial charge in [-0.3, -0.25) is 4.79 Å². The van der Waals surface area contributed by atoms with E-state index in [0.717, 1.165) is 24.0 Å². The number of rotatable bonds is 5. The van der Waals surface area contributed by atoms with Crippen LogP contribution >= 0.6 is 15.9 Å². The number of halogens is 1. The molecule has 1 amide bonds. The Bertz CT molecular complexity index is 365. The lowest BCUT2D eigenvalue weighted by atomic mass is 10.3. The molecule has 0 N–H and O–H groups in total. The summed E-state index contributed by atoms with van der Waals surface area (Å²) in [5.74, 6) is -0.0312. The predicted molar refractivity (Wildman–Crippen MR) is 72.1 cm³/mol. The molecule has 0 fully saturated rings. The van der Waals surface area contributed by atoms with Crippen LogP contribution < -0.4 is 0 Å². The topological polar surface area (TPSA) is 36.4 Å². The van der Waals surface area contributed by atoms with Gasteiger partial charge in [-0.15, -0.1) is 0 Å². The third-order valence-corrected chi connectivity index (χ3v) is 2.86. The van der Waals surface area contributed by atoms with E-state index in [4.69, 9.17) is 0 Å². The second-order valence-electron chi connectivity index (χ2n) is 4.25. The van der Waals surface area contributed by atoms with Crippen LogP contribution in [0.4, 0.5) is 0 Å². The highest BCUT2D eigenvalue weighted by atomic mass is 79.9. The van der Waals surface area contributed by atoms with Crippen LogP contribution in [0.15, 0.2) is 22.8 Å². The van der Waals surface area contributed by atoms with Gasteiger partial charge in [0.2, 0.25) is 0 Å². The standard InChI is InChI=1S/C12H18BrN3O/c1-15(2)7-4-8-16(3)12(17)11-6-5-10(13)9-14-11/h5-6,9H,4,7-8H2,1-3H3. The Hall–Kier alpha value is -0.940. The van der Waals surface area contributed by atoms with Gasteiger partial charge in [0.15, 0.2) is 0 Å². The Morgan fingerprint density at radius 1 is 1.29 bits per heavy atom. The minimum absolute atomic E-state index is 0.0312. The fraction of sp³-hybridized carbons (Fsp3) is 0.500. The van der Waals surface area contributed by atoms with Crippen LogP contribution in [-0.2, 0) is 0 Å². The van der Waals surface area contributed by atoms with Crippen LogP contribution in [0, 0.1) is 0 Å². The monoisotopic (exact) mass is 299 g/mol. The average molecular weight is 300 g/mol. The highest BCUT2D eigenvalue weighted by Crippen LogP contribution is 2.08. The smallest absolute Gasteiger partial charge is 0.272 e. The number of carbonyl (C=O) groups is 1. The Labute approximate surface area is 111 Å². The molecule has 17 heavy (non-hydrogen) atoms. The van der Waals surface area contributed by atoms with Crippen molar-refractivity contribution in [3.05, 3.63) is 28.5 Å². The van der Waals surface area contributed by atoms with Gasteiger partial charge >= 0.3 is 0 Å². The zero-order chi connectivity index (χ0) is 12.8. The third kappa shape index (κ3) is 4.83. The van der Waals surface area contributed by atoms with Gasteiger partial charge in [0, 0.05) is 24.3 Å². The fourth-order valence-corrected chi connectivity index (χ4v) is 1.66. The molecule has 0 aliphatic rings. The first kappa shape index (κ1) is 14.1. The summed E-state index contributed by atoms with van der Waals surface area (Å²) in [7, 11) is 5.86. The summed E-state index contributed by atoms with van der Waals surface area (Å²) in [6.45, 7) is 1.72. The number of aromatic nitrogens is 1. The van der Waals surface area contributed by atoms with Gasteiger partial charge in [-0.2, -0.15) is 0 Å². The maximum absolute atomic E-state index is 12.0. The van der Waals surface area contributed by atoms with Crippen molar-refractivity contribution in [1.29, 1.82) is 0 Å². The van der Waals surface area contributed by atoms with E-state index in [1.807, 2.05) is 27.2 Å². The van der Waals surface area contributed by atoms with Gasteiger partial charge in [0.1, 0.15) is 5.69 Å². The Morgan fingerprint density at radius 2 is 2.00 bits per heavy atom. The van der Waals surface area contributed by atoms with E-state index in [1.54, 1.807) is 17.2 Å². The molecule has 0 saturated heterocycles. The highest BCUT2D eigenvalue weighted by molar-refractivity contribution is 9.10. The van der Waals surface area contributed by atoms with Crippen molar-refractivity contribution in [3.8, 4) is 0 Å². The summed E-state index contributed by atoms with van der Waals surface area (Å²) in [5, 5.41) is 0.